The second kappa shape index (κ2) is 12.4. The summed E-state index contributed by atoms with van der Waals surface area (Å²) in [5, 5.41) is 32.9. The third-order valence-corrected chi connectivity index (χ3v) is 9.42. The van der Waals surface area contributed by atoms with E-state index in [0.717, 1.165) is 11.3 Å². The van der Waals surface area contributed by atoms with Crippen molar-refractivity contribution in [1.29, 1.82) is 5.26 Å². The number of aryl methyl sites for hydroxylation is 1. The van der Waals surface area contributed by atoms with E-state index < -0.39 is 29.4 Å². The predicted octanol–water partition coefficient (Wildman–Crippen LogP) is 3.21. The number of carbonyl (C=O) groups excluding carboxylic acids is 2. The lowest BCUT2D eigenvalue weighted by Gasteiger charge is -2.52. The van der Waals surface area contributed by atoms with E-state index in [1.165, 1.54) is 7.11 Å². The summed E-state index contributed by atoms with van der Waals surface area (Å²) in [5.41, 5.74) is 1.54. The summed E-state index contributed by atoms with van der Waals surface area (Å²) >= 11 is 0. The number of hydrogen-bond donors (Lipinski definition) is 2. The fourth-order valence-corrected chi connectivity index (χ4v) is 7.13. The third-order valence-electron chi connectivity index (χ3n) is 9.42. The highest BCUT2D eigenvalue weighted by Gasteiger charge is 2.59. The van der Waals surface area contributed by atoms with Gasteiger partial charge in [-0.25, -0.2) is 0 Å². The van der Waals surface area contributed by atoms with Crippen LogP contribution in [-0.4, -0.2) is 69.8 Å². The van der Waals surface area contributed by atoms with Crippen LogP contribution in [0.15, 0.2) is 66.5 Å². The van der Waals surface area contributed by atoms with E-state index in [-0.39, 0.29) is 17.7 Å². The Hall–Kier alpha value is -4.43. The van der Waals surface area contributed by atoms with Crippen molar-refractivity contribution in [2.45, 2.75) is 51.3 Å². The van der Waals surface area contributed by atoms with Crippen molar-refractivity contribution < 1.29 is 24.2 Å². The highest BCUT2D eigenvalue weighted by Crippen LogP contribution is 2.52. The molecular weight excluding hydrogens is 548 g/mol. The number of aromatic nitrogens is 3. The number of piperidine rings is 1. The summed E-state index contributed by atoms with van der Waals surface area (Å²) in [4.78, 5) is 28.6. The fourth-order valence-electron chi connectivity index (χ4n) is 7.13. The lowest BCUT2D eigenvalue weighted by Crippen LogP contribution is -2.60. The zero-order valence-corrected chi connectivity index (χ0v) is 24.8. The predicted molar refractivity (Wildman–Crippen MR) is 158 cm³/mol. The zero-order chi connectivity index (χ0) is 30.7. The monoisotopic (exact) mass is 586 g/mol. The number of ether oxygens (including phenoxy) is 2. The Kier molecular flexibility index (Phi) is 8.69. The Labute approximate surface area is 251 Å². The third kappa shape index (κ3) is 5.43. The summed E-state index contributed by atoms with van der Waals surface area (Å²) in [6.45, 7) is 6.99. The number of nitrogens with zero attached hydrogens (tertiary/aromatic N) is 5. The van der Waals surface area contributed by atoms with Gasteiger partial charge in [0.2, 0.25) is 5.91 Å². The number of rotatable bonds is 8. The lowest BCUT2D eigenvalue weighted by molar-refractivity contribution is -0.160. The minimum atomic E-state index is -1.19. The standard InChI is InChI=1S/C32H38N6O5/c1-5-6-7-25-20(2)32(31(41)34-25,14-15-38-18-26(35-36-38)21-8-11-23(42-3)12-9-21)28-16-24-22(17-37(28)19-33)10-13-27(39)29(24)30(40)43-4/h5-9,11-12,18,22,24,27-29,39H,2,10,13-17H2,1,3-4H3,(H,34,41)/b6-5-,25-7+/t22-,24-,27-,28-,29+,32-/m0/s1. The van der Waals surface area contributed by atoms with Crippen LogP contribution in [0.2, 0.25) is 0 Å². The van der Waals surface area contributed by atoms with E-state index >= 15 is 0 Å². The van der Waals surface area contributed by atoms with Crippen LogP contribution in [0, 0.1) is 34.6 Å². The average Bonchev–Trinajstić information content (AvgIpc) is 3.60. The van der Waals surface area contributed by atoms with Gasteiger partial charge in [-0.1, -0.05) is 23.9 Å². The molecule has 226 valence electrons. The molecule has 0 unspecified atom stereocenters. The van der Waals surface area contributed by atoms with Crippen LogP contribution in [0.3, 0.4) is 0 Å². The average molecular weight is 587 g/mol. The molecule has 6 atom stereocenters. The second-order valence-electron chi connectivity index (χ2n) is 11.5. The van der Waals surface area contributed by atoms with Crippen LogP contribution in [0.1, 0.15) is 32.6 Å². The molecule has 1 aromatic heterocycles. The van der Waals surface area contributed by atoms with Crippen molar-refractivity contribution in [3.63, 3.8) is 0 Å². The summed E-state index contributed by atoms with van der Waals surface area (Å²) in [5.74, 6) is -0.932. The fraction of sp³-hybridized carbons (Fsp3) is 0.469. The van der Waals surface area contributed by atoms with Crippen molar-refractivity contribution in [3.05, 3.63) is 66.5 Å². The van der Waals surface area contributed by atoms with Crippen molar-refractivity contribution >= 4 is 11.9 Å². The molecule has 1 amide bonds. The van der Waals surface area contributed by atoms with Crippen molar-refractivity contribution in [2.75, 3.05) is 20.8 Å². The van der Waals surface area contributed by atoms with Crippen LogP contribution in [0.4, 0.5) is 0 Å². The zero-order valence-electron chi connectivity index (χ0n) is 24.8. The molecule has 2 saturated heterocycles. The molecule has 1 aromatic carbocycles. The number of fused-ring (bicyclic) bond motifs is 1. The summed E-state index contributed by atoms with van der Waals surface area (Å²) in [7, 11) is 2.93. The highest BCUT2D eigenvalue weighted by atomic mass is 16.5. The van der Waals surface area contributed by atoms with E-state index in [9.17, 15) is 20.0 Å². The van der Waals surface area contributed by atoms with E-state index in [2.05, 4.69) is 28.4 Å². The molecule has 11 heteroatoms. The van der Waals surface area contributed by atoms with Crippen LogP contribution in [0.25, 0.3) is 11.3 Å². The number of nitrogens with one attached hydrogen (secondary N) is 1. The van der Waals surface area contributed by atoms with Gasteiger partial charge < -0.3 is 24.8 Å². The van der Waals surface area contributed by atoms with E-state index in [1.807, 2.05) is 55.6 Å². The maximum absolute atomic E-state index is 14.1. The Balaban J connectivity index is 1.50. The molecule has 43 heavy (non-hydrogen) atoms. The van der Waals surface area contributed by atoms with Crippen LogP contribution < -0.4 is 10.1 Å². The SMILES string of the molecule is C=C1/C(=C\C=C/C)NC(=O)[C@]1(CCn1cc(-c2ccc(OC)cc2)nn1)[C@@H]1C[C@H]2[C@@H](CC[C@H](O)[C@@H]2C(=O)OC)CN1C#N. The first kappa shape index (κ1) is 30.0. The Morgan fingerprint density at radius 3 is 2.74 bits per heavy atom. The van der Waals surface area contributed by atoms with E-state index in [1.54, 1.807) is 16.7 Å². The first-order valence-corrected chi connectivity index (χ1v) is 14.6. The number of amides is 1. The van der Waals surface area contributed by atoms with Crippen LogP contribution in [0.5, 0.6) is 5.75 Å². The molecule has 5 rings (SSSR count). The summed E-state index contributed by atoms with van der Waals surface area (Å²) in [6.07, 6.45) is 10.6. The van der Waals surface area contributed by atoms with Crippen molar-refractivity contribution in [2.24, 2.45) is 23.2 Å². The largest absolute Gasteiger partial charge is 0.497 e. The van der Waals surface area contributed by atoms with Gasteiger partial charge in [-0.15, -0.1) is 5.10 Å². The number of hydrogen-bond acceptors (Lipinski definition) is 9. The van der Waals surface area contributed by atoms with E-state index in [4.69, 9.17) is 9.47 Å². The second-order valence-corrected chi connectivity index (χ2v) is 11.5. The number of methoxy groups -OCH3 is 2. The smallest absolute Gasteiger partial charge is 0.311 e. The summed E-state index contributed by atoms with van der Waals surface area (Å²) in [6, 6.07) is 6.92. The molecule has 3 aliphatic rings. The molecule has 2 aromatic rings. The minimum Gasteiger partial charge on any atom is -0.497 e. The van der Waals surface area contributed by atoms with E-state index in [0.29, 0.717) is 55.7 Å². The number of nitriles is 1. The van der Waals surface area contributed by atoms with Gasteiger partial charge in [-0.05, 0) is 80.4 Å². The maximum atomic E-state index is 14.1. The number of allylic oxidation sites excluding steroid dienone is 4. The summed E-state index contributed by atoms with van der Waals surface area (Å²) < 4.78 is 12.0. The molecule has 0 bridgehead atoms. The molecule has 0 spiro atoms. The number of esters is 1. The molecular formula is C32H38N6O5. The van der Waals surface area contributed by atoms with Gasteiger partial charge >= 0.3 is 5.97 Å². The highest BCUT2D eigenvalue weighted by molar-refractivity contribution is 5.94. The molecule has 2 aliphatic heterocycles. The Morgan fingerprint density at radius 1 is 1.30 bits per heavy atom. The number of carbonyl (C=O) groups is 2. The van der Waals surface area contributed by atoms with Gasteiger partial charge in [0.05, 0.1) is 43.9 Å². The van der Waals surface area contributed by atoms with Crippen LogP contribution >= 0.6 is 0 Å². The quantitative estimate of drug-likeness (QED) is 0.352. The molecule has 1 saturated carbocycles. The number of benzene rings is 1. The van der Waals surface area contributed by atoms with Gasteiger partial charge in [0, 0.05) is 24.4 Å². The van der Waals surface area contributed by atoms with Gasteiger partial charge in [0.15, 0.2) is 6.19 Å². The lowest BCUT2D eigenvalue weighted by atomic mass is 9.60. The molecule has 2 N–H and O–H groups in total. The molecule has 0 radical (unpaired) electrons. The Bertz CT molecular complexity index is 1470. The Morgan fingerprint density at radius 2 is 2.07 bits per heavy atom. The number of likely N-dealkylation sites (tertiary alicyclic amines) is 1. The van der Waals surface area contributed by atoms with Crippen molar-refractivity contribution in [1.82, 2.24) is 25.2 Å². The first-order chi connectivity index (χ1) is 20.8. The van der Waals surface area contributed by atoms with Gasteiger partial charge in [0.1, 0.15) is 11.4 Å². The van der Waals surface area contributed by atoms with Gasteiger partial charge in [-0.3, -0.25) is 14.3 Å². The van der Waals surface area contributed by atoms with Gasteiger partial charge in [0.25, 0.3) is 0 Å². The molecule has 1 aliphatic carbocycles. The number of aliphatic hydroxyl groups is 1. The molecule has 3 fully saturated rings. The first-order valence-electron chi connectivity index (χ1n) is 14.6. The normalized spacial score (nSPS) is 29.8. The topological polar surface area (TPSA) is 143 Å². The van der Waals surface area contributed by atoms with Gasteiger partial charge in [-0.2, -0.15) is 5.26 Å². The minimum absolute atomic E-state index is 0.0126. The van der Waals surface area contributed by atoms with Crippen molar-refractivity contribution in [3.8, 4) is 23.2 Å². The number of aliphatic hydroxyl groups excluding tert-OH is 1. The molecule has 3 heterocycles. The van der Waals surface area contributed by atoms with Crippen LogP contribution in [-0.2, 0) is 20.9 Å². The maximum Gasteiger partial charge on any atom is 0.311 e. The molecule has 11 nitrogen and oxygen atoms in total.